The van der Waals surface area contributed by atoms with Crippen molar-refractivity contribution in [2.24, 2.45) is 0 Å². The van der Waals surface area contributed by atoms with Crippen LogP contribution in [-0.4, -0.2) is 41.1 Å². The molecule has 4 heteroatoms. The van der Waals surface area contributed by atoms with E-state index in [0.717, 1.165) is 0 Å². The molecule has 1 aromatic heterocycles. The molecule has 1 N–H and O–H groups in total. The fourth-order valence-electron chi connectivity index (χ4n) is 1.21. The van der Waals surface area contributed by atoms with Gasteiger partial charge in [0, 0.05) is 26.2 Å². The van der Waals surface area contributed by atoms with Gasteiger partial charge in [0.1, 0.15) is 5.69 Å². The van der Waals surface area contributed by atoms with Gasteiger partial charge >= 0.3 is 0 Å². The van der Waals surface area contributed by atoms with Crippen molar-refractivity contribution >= 4 is 5.91 Å². The van der Waals surface area contributed by atoms with E-state index in [9.17, 15) is 4.79 Å². The maximum Gasteiger partial charge on any atom is 0.273 e. The van der Waals surface area contributed by atoms with Crippen molar-refractivity contribution < 1.29 is 9.90 Å². The molecule has 1 rings (SSSR count). The number of rotatable bonds is 3. The summed E-state index contributed by atoms with van der Waals surface area (Å²) in [6.45, 7) is 2.54. The van der Waals surface area contributed by atoms with E-state index in [4.69, 9.17) is 5.11 Å². The van der Waals surface area contributed by atoms with Crippen molar-refractivity contribution in [1.29, 1.82) is 0 Å². The minimum absolute atomic E-state index is 0.0193. The molecule has 0 aliphatic heterocycles. The van der Waals surface area contributed by atoms with Gasteiger partial charge in [0.25, 0.3) is 5.91 Å². The first-order valence-electron chi connectivity index (χ1n) is 5.51. The highest BCUT2D eigenvalue weighted by molar-refractivity contribution is 5.94. The van der Waals surface area contributed by atoms with Crippen LogP contribution in [0.4, 0.5) is 0 Å². The summed E-state index contributed by atoms with van der Waals surface area (Å²) in [5, 5.41) is 8.66. The van der Waals surface area contributed by atoms with E-state index in [-0.39, 0.29) is 12.5 Å². The lowest BCUT2D eigenvalue weighted by atomic mass is 10.1. The van der Waals surface area contributed by atoms with E-state index in [2.05, 4.69) is 16.8 Å². The van der Waals surface area contributed by atoms with Crippen molar-refractivity contribution in [3.05, 3.63) is 29.6 Å². The zero-order valence-electron chi connectivity index (χ0n) is 10.1. The van der Waals surface area contributed by atoms with Crippen LogP contribution in [0.5, 0.6) is 0 Å². The molecule has 0 atom stereocenters. The molecule has 17 heavy (non-hydrogen) atoms. The van der Waals surface area contributed by atoms with E-state index >= 15 is 0 Å². The molecule has 0 fully saturated rings. The Labute approximate surface area is 101 Å². The Morgan fingerprint density at radius 3 is 3.00 bits per heavy atom. The molecular formula is C13H16N2O2. The summed E-state index contributed by atoms with van der Waals surface area (Å²) in [6, 6.07) is 3.50. The van der Waals surface area contributed by atoms with Gasteiger partial charge in [-0.15, -0.1) is 0 Å². The maximum absolute atomic E-state index is 12.0. The number of aliphatic hydroxyl groups excluding tert-OH is 1. The fourth-order valence-corrected chi connectivity index (χ4v) is 1.21. The number of amides is 1. The maximum atomic E-state index is 12.0. The summed E-state index contributed by atoms with van der Waals surface area (Å²) < 4.78 is 0. The lowest BCUT2D eigenvalue weighted by Crippen LogP contribution is -2.27. The van der Waals surface area contributed by atoms with Gasteiger partial charge in [-0.25, -0.2) is 4.98 Å². The average molecular weight is 232 g/mol. The predicted octanol–water partition coefficient (Wildman–Crippen LogP) is 0.907. The van der Waals surface area contributed by atoms with Crippen LogP contribution in [-0.2, 0) is 0 Å². The number of hydrogen-bond donors (Lipinski definition) is 1. The predicted molar refractivity (Wildman–Crippen MR) is 65.5 cm³/mol. The first-order valence-corrected chi connectivity index (χ1v) is 5.51. The van der Waals surface area contributed by atoms with Gasteiger partial charge in [0.2, 0.25) is 0 Å². The lowest BCUT2D eigenvalue weighted by Gasteiger charge is -2.14. The van der Waals surface area contributed by atoms with Gasteiger partial charge in [0.15, 0.2) is 0 Å². The Hall–Kier alpha value is -1.86. The van der Waals surface area contributed by atoms with Gasteiger partial charge in [-0.05, 0) is 19.1 Å². The molecule has 0 aliphatic rings. The van der Waals surface area contributed by atoms with Gasteiger partial charge in [-0.1, -0.05) is 11.8 Å². The van der Waals surface area contributed by atoms with Crippen LogP contribution < -0.4 is 0 Å². The third-order valence-electron chi connectivity index (χ3n) is 2.29. The highest BCUT2D eigenvalue weighted by Gasteiger charge is 2.14. The standard InChI is InChI=1S/C13H16N2O2/c1-3-15(2)13(17)12-11(7-4-5-10-16)8-6-9-14-12/h6,8-9,16H,3,5,10H2,1-2H3. The summed E-state index contributed by atoms with van der Waals surface area (Å²) in [5.41, 5.74) is 0.966. The second-order valence-corrected chi connectivity index (χ2v) is 3.49. The molecular weight excluding hydrogens is 216 g/mol. The van der Waals surface area contributed by atoms with Gasteiger partial charge in [0.05, 0.1) is 12.2 Å². The largest absolute Gasteiger partial charge is 0.395 e. The van der Waals surface area contributed by atoms with Crippen LogP contribution in [0.25, 0.3) is 0 Å². The van der Waals surface area contributed by atoms with E-state index in [0.29, 0.717) is 24.2 Å². The second-order valence-electron chi connectivity index (χ2n) is 3.49. The van der Waals surface area contributed by atoms with Crippen molar-refractivity contribution in [3.63, 3.8) is 0 Å². The topological polar surface area (TPSA) is 53.4 Å². The number of nitrogens with zero attached hydrogens (tertiary/aromatic N) is 2. The molecule has 1 amide bonds. The van der Waals surface area contributed by atoms with Crippen molar-refractivity contribution in [2.75, 3.05) is 20.2 Å². The molecule has 0 aliphatic carbocycles. The highest BCUT2D eigenvalue weighted by atomic mass is 16.2. The average Bonchev–Trinajstić information content (AvgIpc) is 2.38. The first-order chi connectivity index (χ1) is 8.20. The summed E-state index contributed by atoms with van der Waals surface area (Å²) in [7, 11) is 1.72. The third kappa shape index (κ3) is 3.58. The molecule has 1 heterocycles. The van der Waals surface area contributed by atoms with Crippen molar-refractivity contribution in [1.82, 2.24) is 9.88 Å². The zero-order valence-corrected chi connectivity index (χ0v) is 10.1. The summed E-state index contributed by atoms with van der Waals surface area (Å²) in [5.74, 6) is 5.51. The highest BCUT2D eigenvalue weighted by Crippen LogP contribution is 2.06. The van der Waals surface area contributed by atoms with Crippen LogP contribution in [0.15, 0.2) is 18.3 Å². The fraction of sp³-hybridized carbons (Fsp3) is 0.385. The molecule has 0 spiro atoms. The zero-order chi connectivity index (χ0) is 12.7. The number of aliphatic hydroxyl groups is 1. The number of hydrogen-bond acceptors (Lipinski definition) is 3. The SMILES string of the molecule is CCN(C)C(=O)c1ncccc1C#CCCO. The first kappa shape index (κ1) is 13.2. The lowest BCUT2D eigenvalue weighted by molar-refractivity contribution is 0.0796. The minimum atomic E-state index is -0.138. The van der Waals surface area contributed by atoms with Crippen LogP contribution in [0.1, 0.15) is 29.4 Å². The van der Waals surface area contributed by atoms with E-state index in [1.54, 1.807) is 30.3 Å². The number of pyridine rings is 1. The monoisotopic (exact) mass is 232 g/mol. The molecule has 0 saturated heterocycles. The van der Waals surface area contributed by atoms with Crippen LogP contribution in [0, 0.1) is 11.8 Å². The van der Waals surface area contributed by atoms with E-state index in [1.165, 1.54) is 0 Å². The molecule has 1 aromatic rings. The van der Waals surface area contributed by atoms with Crippen molar-refractivity contribution in [3.8, 4) is 11.8 Å². The van der Waals surface area contributed by atoms with Crippen LogP contribution in [0.3, 0.4) is 0 Å². The van der Waals surface area contributed by atoms with E-state index in [1.807, 2.05) is 6.92 Å². The summed E-state index contributed by atoms with van der Waals surface area (Å²) >= 11 is 0. The molecule has 0 aromatic carbocycles. The molecule has 90 valence electrons. The Kier molecular flexibility index (Phi) is 5.18. The molecule has 0 unspecified atom stereocenters. The van der Waals surface area contributed by atoms with Gasteiger partial charge in [-0.2, -0.15) is 0 Å². The number of aromatic nitrogens is 1. The number of carbonyl (C=O) groups excluding carboxylic acids is 1. The minimum Gasteiger partial charge on any atom is -0.395 e. The summed E-state index contributed by atoms with van der Waals surface area (Å²) in [4.78, 5) is 17.6. The van der Waals surface area contributed by atoms with Gasteiger partial charge < -0.3 is 10.0 Å². The Morgan fingerprint density at radius 2 is 2.35 bits per heavy atom. The molecule has 4 nitrogen and oxygen atoms in total. The smallest absolute Gasteiger partial charge is 0.273 e. The Morgan fingerprint density at radius 1 is 1.59 bits per heavy atom. The Balaban J connectivity index is 3.01. The van der Waals surface area contributed by atoms with E-state index < -0.39 is 0 Å². The second kappa shape index (κ2) is 6.66. The normalized spacial score (nSPS) is 9.35. The Bertz CT molecular complexity index is 446. The summed E-state index contributed by atoms with van der Waals surface area (Å²) in [6.07, 6.45) is 1.97. The number of carbonyl (C=O) groups is 1. The molecule has 0 radical (unpaired) electrons. The molecule has 0 bridgehead atoms. The quantitative estimate of drug-likeness (QED) is 0.788. The van der Waals surface area contributed by atoms with Gasteiger partial charge in [-0.3, -0.25) is 4.79 Å². The van der Waals surface area contributed by atoms with Crippen LogP contribution >= 0.6 is 0 Å². The van der Waals surface area contributed by atoms with Crippen LogP contribution in [0.2, 0.25) is 0 Å². The molecule has 0 saturated carbocycles. The van der Waals surface area contributed by atoms with Crippen molar-refractivity contribution in [2.45, 2.75) is 13.3 Å². The third-order valence-corrected chi connectivity index (χ3v) is 2.29.